The number of rotatable bonds is 5. The van der Waals surface area contributed by atoms with E-state index in [1.165, 1.54) is 19.3 Å². The highest BCUT2D eigenvalue weighted by Gasteiger charge is 2.15. The zero-order chi connectivity index (χ0) is 15.8. The Hall–Kier alpha value is -2.04. The van der Waals surface area contributed by atoms with E-state index in [1.54, 1.807) is 24.3 Å². The van der Waals surface area contributed by atoms with E-state index < -0.39 is 5.91 Å². The molecule has 0 radical (unpaired) electrons. The van der Waals surface area contributed by atoms with Gasteiger partial charge in [0, 0.05) is 6.04 Å². The van der Waals surface area contributed by atoms with Gasteiger partial charge in [0.1, 0.15) is 5.75 Å². The van der Waals surface area contributed by atoms with Crippen LogP contribution in [0.1, 0.15) is 55.3 Å². The quantitative estimate of drug-likeness (QED) is 0.876. The van der Waals surface area contributed by atoms with Gasteiger partial charge in [0.25, 0.3) is 11.8 Å². The highest BCUT2D eigenvalue weighted by molar-refractivity contribution is 5.95. The zero-order valence-corrected chi connectivity index (χ0v) is 12.8. The van der Waals surface area contributed by atoms with E-state index in [0.29, 0.717) is 11.3 Å². The first-order chi connectivity index (χ1) is 10.7. The van der Waals surface area contributed by atoms with Crippen LogP contribution in [0.3, 0.4) is 0 Å². The molecule has 0 unspecified atom stereocenters. The van der Waals surface area contributed by atoms with Gasteiger partial charge in [0.05, 0.1) is 5.56 Å². The molecule has 0 aliphatic heterocycles. The highest BCUT2D eigenvalue weighted by Crippen LogP contribution is 2.18. The van der Waals surface area contributed by atoms with Crippen LogP contribution >= 0.6 is 0 Å². The Morgan fingerprint density at radius 2 is 1.73 bits per heavy atom. The van der Waals surface area contributed by atoms with Crippen LogP contribution in [0.4, 0.5) is 0 Å². The Kier molecular flexibility index (Phi) is 6.25. The number of benzene rings is 1. The fraction of sp³-hybridized carbons (Fsp3) is 0.529. The summed E-state index contributed by atoms with van der Waals surface area (Å²) in [6, 6.07) is 6.92. The Morgan fingerprint density at radius 3 is 2.41 bits per heavy atom. The lowest BCUT2D eigenvalue weighted by Crippen LogP contribution is -2.38. The number of hydrogen-bond acceptors (Lipinski definition) is 3. The number of ether oxygens (including phenoxy) is 1. The average molecular weight is 304 g/mol. The van der Waals surface area contributed by atoms with Crippen molar-refractivity contribution < 1.29 is 14.3 Å². The topological polar surface area (TPSA) is 81.4 Å². The molecule has 5 nitrogen and oxygen atoms in total. The molecule has 22 heavy (non-hydrogen) atoms. The number of para-hydroxylation sites is 1. The van der Waals surface area contributed by atoms with Crippen LogP contribution in [-0.4, -0.2) is 24.5 Å². The monoisotopic (exact) mass is 304 g/mol. The van der Waals surface area contributed by atoms with Gasteiger partial charge in [-0.3, -0.25) is 9.59 Å². The third kappa shape index (κ3) is 5.06. The van der Waals surface area contributed by atoms with Crippen molar-refractivity contribution in [2.24, 2.45) is 5.73 Å². The minimum absolute atomic E-state index is 0.0964. The van der Waals surface area contributed by atoms with Crippen LogP contribution < -0.4 is 15.8 Å². The van der Waals surface area contributed by atoms with Crippen LogP contribution in [0.25, 0.3) is 0 Å². The molecule has 3 N–H and O–H groups in total. The van der Waals surface area contributed by atoms with E-state index in [0.717, 1.165) is 25.7 Å². The molecule has 0 aromatic heterocycles. The van der Waals surface area contributed by atoms with E-state index >= 15 is 0 Å². The van der Waals surface area contributed by atoms with Crippen molar-refractivity contribution in [2.45, 2.75) is 51.0 Å². The summed E-state index contributed by atoms with van der Waals surface area (Å²) in [5.74, 6) is -0.358. The van der Waals surface area contributed by atoms with E-state index in [9.17, 15) is 9.59 Å². The number of nitrogens with two attached hydrogens (primary N) is 1. The predicted octanol–water partition coefficient (Wildman–Crippen LogP) is 2.39. The summed E-state index contributed by atoms with van der Waals surface area (Å²) in [5.41, 5.74) is 5.58. The van der Waals surface area contributed by atoms with Crippen LogP contribution in [-0.2, 0) is 4.79 Å². The first kappa shape index (κ1) is 16.3. The maximum atomic E-state index is 12.0. The predicted molar refractivity (Wildman–Crippen MR) is 84.7 cm³/mol. The lowest BCUT2D eigenvalue weighted by Gasteiger charge is -2.21. The van der Waals surface area contributed by atoms with Crippen molar-refractivity contribution in [1.29, 1.82) is 0 Å². The molecule has 0 saturated heterocycles. The number of carbonyl (C=O) groups excluding carboxylic acids is 2. The van der Waals surface area contributed by atoms with Crippen molar-refractivity contribution in [2.75, 3.05) is 6.61 Å². The number of primary amides is 1. The molecular formula is C17H24N2O3. The summed E-state index contributed by atoms with van der Waals surface area (Å²) in [6.45, 7) is -0.0964. The van der Waals surface area contributed by atoms with E-state index in [4.69, 9.17) is 10.5 Å². The summed E-state index contributed by atoms with van der Waals surface area (Å²) in [6.07, 6.45) is 8.18. The largest absolute Gasteiger partial charge is 0.483 e. The Balaban J connectivity index is 1.83. The first-order valence-corrected chi connectivity index (χ1v) is 7.98. The molecule has 1 aliphatic rings. The molecule has 120 valence electrons. The molecule has 1 aromatic carbocycles. The molecule has 1 fully saturated rings. The van der Waals surface area contributed by atoms with E-state index in [2.05, 4.69) is 5.32 Å². The minimum atomic E-state index is -0.559. The third-order valence-electron chi connectivity index (χ3n) is 3.98. The van der Waals surface area contributed by atoms with E-state index in [1.807, 2.05) is 0 Å². The third-order valence-corrected chi connectivity index (χ3v) is 3.98. The van der Waals surface area contributed by atoms with Crippen LogP contribution in [0.15, 0.2) is 24.3 Å². The SMILES string of the molecule is NC(=O)c1ccccc1OCC(=O)NC1CCCCCCC1. The first-order valence-electron chi connectivity index (χ1n) is 7.98. The normalized spacial score (nSPS) is 16.4. The smallest absolute Gasteiger partial charge is 0.258 e. The number of hydrogen-bond donors (Lipinski definition) is 2. The molecule has 0 spiro atoms. The molecule has 1 aliphatic carbocycles. The summed E-state index contributed by atoms with van der Waals surface area (Å²) >= 11 is 0. The van der Waals surface area contributed by atoms with Crippen molar-refractivity contribution in [1.82, 2.24) is 5.32 Å². The fourth-order valence-electron chi connectivity index (χ4n) is 2.81. The maximum absolute atomic E-state index is 12.0. The van der Waals surface area contributed by atoms with Gasteiger partial charge in [-0.15, -0.1) is 0 Å². The van der Waals surface area contributed by atoms with Crippen molar-refractivity contribution in [3.05, 3.63) is 29.8 Å². The van der Waals surface area contributed by atoms with Gasteiger partial charge < -0.3 is 15.8 Å². The van der Waals surface area contributed by atoms with Gasteiger partial charge in [-0.2, -0.15) is 0 Å². The van der Waals surface area contributed by atoms with Gasteiger partial charge in [-0.25, -0.2) is 0 Å². The number of nitrogens with one attached hydrogen (secondary N) is 1. The Labute approximate surface area is 131 Å². The molecule has 2 rings (SSSR count). The maximum Gasteiger partial charge on any atom is 0.258 e. The molecule has 1 saturated carbocycles. The van der Waals surface area contributed by atoms with Gasteiger partial charge in [0.2, 0.25) is 0 Å². The second-order valence-electron chi connectivity index (χ2n) is 5.76. The van der Waals surface area contributed by atoms with Gasteiger partial charge >= 0.3 is 0 Å². The van der Waals surface area contributed by atoms with Gasteiger partial charge in [-0.1, -0.05) is 44.2 Å². The summed E-state index contributed by atoms with van der Waals surface area (Å²) in [4.78, 5) is 23.3. The van der Waals surface area contributed by atoms with Gasteiger partial charge in [0.15, 0.2) is 6.61 Å². The fourth-order valence-corrected chi connectivity index (χ4v) is 2.81. The molecule has 0 heterocycles. The second kappa shape index (κ2) is 8.41. The molecule has 5 heteroatoms. The van der Waals surface area contributed by atoms with Gasteiger partial charge in [-0.05, 0) is 25.0 Å². The van der Waals surface area contributed by atoms with Crippen LogP contribution in [0.2, 0.25) is 0 Å². The average Bonchev–Trinajstić information content (AvgIpc) is 2.48. The van der Waals surface area contributed by atoms with Crippen LogP contribution in [0.5, 0.6) is 5.75 Å². The molecule has 0 atom stereocenters. The lowest BCUT2D eigenvalue weighted by atomic mass is 9.97. The molecular weight excluding hydrogens is 280 g/mol. The molecule has 1 aromatic rings. The molecule has 0 bridgehead atoms. The van der Waals surface area contributed by atoms with Crippen LogP contribution in [0, 0.1) is 0 Å². The Bertz CT molecular complexity index is 508. The van der Waals surface area contributed by atoms with E-state index in [-0.39, 0.29) is 18.6 Å². The lowest BCUT2D eigenvalue weighted by molar-refractivity contribution is -0.123. The zero-order valence-electron chi connectivity index (χ0n) is 12.8. The van der Waals surface area contributed by atoms with Crippen molar-refractivity contribution in [3.63, 3.8) is 0 Å². The summed E-state index contributed by atoms with van der Waals surface area (Å²) in [7, 11) is 0. The Morgan fingerprint density at radius 1 is 1.09 bits per heavy atom. The molecule has 2 amide bonds. The standard InChI is InChI=1S/C17H24N2O3/c18-17(21)14-10-6-7-11-15(14)22-12-16(20)19-13-8-4-2-1-3-5-9-13/h6-7,10-11,13H,1-5,8-9,12H2,(H2,18,21)(H,19,20). The highest BCUT2D eigenvalue weighted by atomic mass is 16.5. The summed E-state index contributed by atoms with van der Waals surface area (Å²) in [5, 5.41) is 3.03. The van der Waals surface area contributed by atoms with Crippen molar-refractivity contribution in [3.8, 4) is 5.75 Å². The minimum Gasteiger partial charge on any atom is -0.483 e. The number of amides is 2. The summed E-state index contributed by atoms with van der Waals surface area (Å²) < 4.78 is 5.44. The van der Waals surface area contributed by atoms with Crippen molar-refractivity contribution >= 4 is 11.8 Å². The second-order valence-corrected chi connectivity index (χ2v) is 5.76. The number of carbonyl (C=O) groups is 2.